The topological polar surface area (TPSA) is 55.8 Å². The van der Waals surface area contributed by atoms with Crippen molar-refractivity contribution >= 4 is 17.6 Å². The molecule has 0 unspecified atom stereocenters. The average molecular weight is 395 g/mol. The lowest BCUT2D eigenvalue weighted by Gasteiger charge is -2.32. The number of aryl methyl sites for hydroxylation is 1. The molecule has 1 aliphatic rings. The number of ether oxygens (including phenoxy) is 2. The van der Waals surface area contributed by atoms with Gasteiger partial charge in [-0.1, -0.05) is 52.8 Å². The minimum atomic E-state index is -0.359. The van der Waals surface area contributed by atoms with Gasteiger partial charge in [0.15, 0.2) is 11.5 Å². The number of hydrogen-bond donors (Lipinski definition) is 0. The fraction of sp³-hybridized carbons (Fsp3) is 0.417. The van der Waals surface area contributed by atoms with Crippen molar-refractivity contribution in [3.8, 4) is 22.6 Å². The number of rotatable bonds is 5. The summed E-state index contributed by atoms with van der Waals surface area (Å²) in [6.45, 7) is 9.93. The van der Waals surface area contributed by atoms with E-state index >= 15 is 0 Å². The van der Waals surface area contributed by atoms with E-state index in [0.29, 0.717) is 12.3 Å². The molecule has 2 aromatic carbocycles. The molecule has 0 atom stereocenters. The van der Waals surface area contributed by atoms with Gasteiger partial charge in [-0.25, -0.2) is 0 Å². The Morgan fingerprint density at radius 3 is 2.10 bits per heavy atom. The Balaban J connectivity index is 2.15. The second kappa shape index (κ2) is 8.27. The van der Waals surface area contributed by atoms with E-state index in [9.17, 15) is 9.59 Å². The van der Waals surface area contributed by atoms with Crippen LogP contribution in [0.25, 0.3) is 11.1 Å². The van der Waals surface area contributed by atoms with Gasteiger partial charge in [-0.05, 0) is 35.2 Å². The van der Waals surface area contributed by atoms with E-state index in [2.05, 4.69) is 31.0 Å². The maximum atomic E-state index is 12.3. The Morgan fingerprint density at radius 1 is 0.966 bits per heavy atom. The summed E-state index contributed by atoms with van der Waals surface area (Å²) < 4.78 is 11.2. The fourth-order valence-corrected chi connectivity index (χ4v) is 3.47. The lowest BCUT2D eigenvalue weighted by molar-refractivity contribution is -0.140. The van der Waals surface area contributed by atoms with Crippen LogP contribution in [0.5, 0.6) is 11.5 Å². The van der Waals surface area contributed by atoms with Gasteiger partial charge < -0.3 is 14.4 Å². The maximum absolute atomic E-state index is 12.3. The summed E-state index contributed by atoms with van der Waals surface area (Å²) in [6, 6.07) is 9.93. The van der Waals surface area contributed by atoms with E-state index in [1.54, 1.807) is 27.7 Å². The molecule has 5 heteroatoms. The third kappa shape index (κ3) is 4.14. The van der Waals surface area contributed by atoms with Gasteiger partial charge in [-0.15, -0.1) is 0 Å². The lowest BCUT2D eigenvalue weighted by Crippen LogP contribution is -2.24. The number of para-hydroxylation sites is 1. The molecule has 0 radical (unpaired) electrons. The Morgan fingerprint density at radius 2 is 1.55 bits per heavy atom. The Bertz CT molecular complexity index is 946. The van der Waals surface area contributed by atoms with Crippen LogP contribution >= 0.6 is 0 Å². The van der Waals surface area contributed by atoms with E-state index < -0.39 is 0 Å². The van der Waals surface area contributed by atoms with Gasteiger partial charge in [0.1, 0.15) is 0 Å². The number of carbonyl (C=O) groups excluding carboxylic acids is 2. The highest BCUT2D eigenvalue weighted by atomic mass is 16.6. The van der Waals surface area contributed by atoms with Gasteiger partial charge >= 0.3 is 11.9 Å². The zero-order valence-corrected chi connectivity index (χ0v) is 18.0. The highest BCUT2D eigenvalue weighted by Gasteiger charge is 2.26. The van der Waals surface area contributed by atoms with Crippen LogP contribution in [-0.2, 0) is 22.6 Å². The van der Waals surface area contributed by atoms with E-state index in [-0.39, 0.29) is 29.5 Å². The zero-order chi connectivity index (χ0) is 21.3. The van der Waals surface area contributed by atoms with Crippen LogP contribution in [0.1, 0.15) is 45.7 Å². The Hall–Kier alpha value is -2.82. The second-order valence-electron chi connectivity index (χ2n) is 8.13. The van der Waals surface area contributed by atoms with Crippen LogP contribution in [0.4, 0.5) is 5.69 Å². The summed E-state index contributed by atoms with van der Waals surface area (Å²) in [5.41, 5.74) is 5.59. The maximum Gasteiger partial charge on any atom is 0.313 e. The van der Waals surface area contributed by atoms with Crippen LogP contribution in [0.15, 0.2) is 30.3 Å². The summed E-state index contributed by atoms with van der Waals surface area (Å²) >= 11 is 0. The molecule has 1 heterocycles. The third-order valence-corrected chi connectivity index (χ3v) is 5.11. The van der Waals surface area contributed by atoms with Crippen LogP contribution in [0.2, 0.25) is 0 Å². The number of esters is 2. The molecule has 0 amide bonds. The summed E-state index contributed by atoms with van der Waals surface area (Å²) in [5.74, 6) is -0.708. The summed E-state index contributed by atoms with van der Waals surface area (Å²) in [7, 11) is 2.06. The Kier molecular flexibility index (Phi) is 5.96. The molecule has 5 nitrogen and oxygen atoms in total. The Labute approximate surface area is 172 Å². The number of carbonyl (C=O) groups is 2. The van der Waals surface area contributed by atoms with Gasteiger partial charge in [-0.3, -0.25) is 9.59 Å². The third-order valence-electron chi connectivity index (χ3n) is 5.11. The van der Waals surface area contributed by atoms with Crippen molar-refractivity contribution in [1.82, 2.24) is 0 Å². The van der Waals surface area contributed by atoms with Gasteiger partial charge in [0.2, 0.25) is 0 Å². The lowest BCUT2D eigenvalue weighted by atomic mass is 9.90. The quantitative estimate of drug-likeness (QED) is 0.527. The molecule has 0 spiro atoms. The minimum Gasteiger partial charge on any atom is -0.422 e. The number of anilines is 1. The fourth-order valence-electron chi connectivity index (χ4n) is 3.47. The van der Waals surface area contributed by atoms with Crippen molar-refractivity contribution < 1.29 is 19.1 Å². The number of nitrogens with zero attached hydrogens (tertiary/aromatic N) is 1. The molecule has 0 bridgehead atoms. The van der Waals surface area contributed by atoms with Crippen molar-refractivity contribution in [2.45, 2.75) is 47.6 Å². The SMILES string of the molecule is CCc1cccc2c1N(C)Cc1cc(OC(=O)C(C)C)c(OC(=O)C(C)C)cc1-2. The summed E-state index contributed by atoms with van der Waals surface area (Å²) in [4.78, 5) is 26.7. The molecule has 154 valence electrons. The molecule has 0 fully saturated rings. The van der Waals surface area contributed by atoms with Crippen molar-refractivity contribution in [2.75, 3.05) is 11.9 Å². The molecule has 0 aliphatic carbocycles. The van der Waals surface area contributed by atoms with Crippen molar-refractivity contribution in [3.05, 3.63) is 41.5 Å². The van der Waals surface area contributed by atoms with Crippen molar-refractivity contribution in [2.24, 2.45) is 11.8 Å². The van der Waals surface area contributed by atoms with Gasteiger partial charge in [-0.2, -0.15) is 0 Å². The van der Waals surface area contributed by atoms with E-state index in [1.807, 2.05) is 18.2 Å². The van der Waals surface area contributed by atoms with Crippen LogP contribution < -0.4 is 14.4 Å². The first-order chi connectivity index (χ1) is 13.7. The van der Waals surface area contributed by atoms with Crippen molar-refractivity contribution in [3.63, 3.8) is 0 Å². The largest absolute Gasteiger partial charge is 0.422 e. The first kappa shape index (κ1) is 20.9. The monoisotopic (exact) mass is 395 g/mol. The molecule has 1 aliphatic heterocycles. The van der Waals surface area contributed by atoms with Crippen LogP contribution in [0.3, 0.4) is 0 Å². The first-order valence-corrected chi connectivity index (χ1v) is 10.2. The molecule has 0 saturated heterocycles. The highest BCUT2D eigenvalue weighted by molar-refractivity contribution is 5.88. The predicted molar refractivity (Wildman–Crippen MR) is 114 cm³/mol. The second-order valence-corrected chi connectivity index (χ2v) is 8.13. The molecule has 2 aromatic rings. The molecule has 0 aromatic heterocycles. The normalized spacial score (nSPS) is 12.6. The number of benzene rings is 2. The van der Waals surface area contributed by atoms with Crippen LogP contribution in [0, 0.1) is 11.8 Å². The molecular weight excluding hydrogens is 366 g/mol. The first-order valence-electron chi connectivity index (χ1n) is 10.2. The van der Waals surface area contributed by atoms with Gasteiger partial charge in [0.05, 0.1) is 11.8 Å². The predicted octanol–water partition coefficient (Wildman–Crippen LogP) is 4.99. The summed E-state index contributed by atoms with van der Waals surface area (Å²) in [5, 5.41) is 0. The standard InChI is InChI=1S/C24H29NO4/c1-7-16-9-8-10-18-19-12-21(29-24(27)15(4)5)20(28-23(26)14(2)3)11-17(19)13-25(6)22(16)18/h8-12,14-15H,7,13H2,1-6H3. The van der Waals surface area contributed by atoms with E-state index in [0.717, 1.165) is 23.1 Å². The van der Waals surface area contributed by atoms with E-state index in [4.69, 9.17) is 9.47 Å². The van der Waals surface area contributed by atoms with Gasteiger partial charge in [0, 0.05) is 24.8 Å². The highest BCUT2D eigenvalue weighted by Crippen LogP contribution is 2.45. The number of fused-ring (bicyclic) bond motifs is 3. The average Bonchev–Trinajstić information content (AvgIpc) is 2.68. The summed E-state index contributed by atoms with van der Waals surface area (Å²) in [6.07, 6.45) is 0.933. The van der Waals surface area contributed by atoms with Gasteiger partial charge in [0.25, 0.3) is 0 Å². The molecule has 0 saturated carbocycles. The molecule has 29 heavy (non-hydrogen) atoms. The molecule has 3 rings (SSSR count). The van der Waals surface area contributed by atoms with Crippen molar-refractivity contribution in [1.29, 1.82) is 0 Å². The molecule has 0 N–H and O–H groups in total. The molecular formula is C24H29NO4. The minimum absolute atomic E-state index is 0.282. The number of hydrogen-bond acceptors (Lipinski definition) is 5. The smallest absolute Gasteiger partial charge is 0.313 e. The van der Waals surface area contributed by atoms with E-state index in [1.165, 1.54) is 11.3 Å². The van der Waals surface area contributed by atoms with Crippen LogP contribution in [-0.4, -0.2) is 19.0 Å². The zero-order valence-electron chi connectivity index (χ0n) is 18.0.